The molecule has 9 heavy (non-hydrogen) atoms. The van der Waals surface area contributed by atoms with Crippen LogP contribution in [0, 0.1) is 16.7 Å². The lowest BCUT2D eigenvalue weighted by Crippen LogP contribution is -2.05. The molecule has 0 spiro atoms. The Balaban J connectivity index is 4.25. The number of hydrogen-bond acceptors (Lipinski definition) is 1. The first-order valence-electron chi connectivity index (χ1n) is 3.05. The van der Waals surface area contributed by atoms with Crippen LogP contribution in [0.5, 0.6) is 0 Å². The quantitative estimate of drug-likeness (QED) is 0.454. The lowest BCUT2D eigenvalue weighted by Gasteiger charge is -2.17. The fraction of sp³-hybridized carbons (Fsp3) is 0.625. The average Bonchev–Trinajstić information content (AvgIpc) is 1.64. The van der Waals surface area contributed by atoms with Crippen molar-refractivity contribution in [3.63, 3.8) is 0 Å². The summed E-state index contributed by atoms with van der Waals surface area (Å²) in [6.45, 7) is 8.26. The lowest BCUT2D eigenvalue weighted by atomic mass is 9.88. The molecule has 0 aliphatic carbocycles. The molecule has 1 heteroatoms. The third kappa shape index (κ3) is 2.92. The van der Waals surface area contributed by atoms with Gasteiger partial charge in [-0.3, -0.25) is 0 Å². The molecule has 0 fully saturated rings. The second-order valence-corrected chi connectivity index (χ2v) is 3.21. The minimum absolute atomic E-state index is 0.149. The molecule has 0 aliphatic heterocycles. The van der Waals surface area contributed by atoms with Crippen LogP contribution in [-0.4, -0.2) is 0 Å². The molecule has 0 bridgehead atoms. The summed E-state index contributed by atoms with van der Waals surface area (Å²) >= 11 is 0. The topological polar surface area (TPSA) is 23.8 Å². The Morgan fingerprint density at radius 3 is 2.00 bits per heavy atom. The molecule has 0 rings (SSSR count). The minimum Gasteiger partial charge on any atom is -0.193 e. The molecule has 0 aliphatic rings. The van der Waals surface area contributed by atoms with Crippen molar-refractivity contribution >= 4 is 0 Å². The van der Waals surface area contributed by atoms with Gasteiger partial charge in [0, 0.05) is 6.08 Å². The lowest BCUT2D eigenvalue weighted by molar-refractivity contribution is 0.504. The Labute approximate surface area is 57.0 Å². The van der Waals surface area contributed by atoms with Crippen molar-refractivity contribution in [2.24, 2.45) is 5.41 Å². The van der Waals surface area contributed by atoms with E-state index in [0.29, 0.717) is 0 Å². The van der Waals surface area contributed by atoms with E-state index in [4.69, 9.17) is 5.26 Å². The predicted octanol–water partition coefficient (Wildman–Crippen LogP) is 2.50. The van der Waals surface area contributed by atoms with Crippen molar-refractivity contribution in [2.75, 3.05) is 0 Å². The first kappa shape index (κ1) is 8.23. The predicted molar refractivity (Wildman–Crippen MR) is 38.8 cm³/mol. The molecule has 0 aromatic carbocycles. The van der Waals surface area contributed by atoms with Crippen molar-refractivity contribution < 1.29 is 0 Å². The Hall–Kier alpha value is -0.770. The molecule has 0 amide bonds. The number of nitrogens with zero attached hydrogens (tertiary/aromatic N) is 1. The van der Waals surface area contributed by atoms with Crippen molar-refractivity contribution in [1.29, 1.82) is 5.26 Å². The molecule has 0 radical (unpaired) electrons. The zero-order valence-corrected chi connectivity index (χ0v) is 6.52. The van der Waals surface area contributed by atoms with E-state index in [-0.39, 0.29) is 5.41 Å². The van der Waals surface area contributed by atoms with Crippen LogP contribution in [0.15, 0.2) is 11.6 Å². The van der Waals surface area contributed by atoms with Crippen LogP contribution in [0.3, 0.4) is 0 Å². The summed E-state index contributed by atoms with van der Waals surface area (Å²) in [7, 11) is 0. The summed E-state index contributed by atoms with van der Waals surface area (Å²) < 4.78 is 0. The van der Waals surface area contributed by atoms with Gasteiger partial charge in [0.15, 0.2) is 0 Å². The summed E-state index contributed by atoms with van der Waals surface area (Å²) in [4.78, 5) is 0. The van der Waals surface area contributed by atoms with E-state index >= 15 is 0 Å². The fourth-order valence-corrected chi connectivity index (χ4v) is 0.313. The average molecular weight is 123 g/mol. The molecule has 0 atom stereocenters. The molecule has 1 nitrogen and oxygen atoms in total. The van der Waals surface area contributed by atoms with E-state index in [0.717, 1.165) is 5.57 Å². The largest absolute Gasteiger partial charge is 0.193 e. The van der Waals surface area contributed by atoms with Crippen LogP contribution < -0.4 is 0 Å². The van der Waals surface area contributed by atoms with E-state index in [2.05, 4.69) is 20.8 Å². The SMILES string of the molecule is C/C(=C/C#N)C(C)(C)C. The molecule has 0 N–H and O–H groups in total. The third-order valence-electron chi connectivity index (χ3n) is 1.46. The minimum atomic E-state index is 0.149. The summed E-state index contributed by atoms with van der Waals surface area (Å²) in [5, 5.41) is 8.27. The first-order valence-corrected chi connectivity index (χ1v) is 3.05. The Bertz CT molecular complexity index is 152. The standard InChI is InChI=1S/C8H13N/c1-7(5-6-9)8(2,3)4/h5H,1-4H3/b7-5-. The zero-order valence-electron chi connectivity index (χ0n) is 6.52. The van der Waals surface area contributed by atoms with Gasteiger partial charge in [-0.15, -0.1) is 0 Å². The second kappa shape index (κ2) is 2.68. The summed E-state index contributed by atoms with van der Waals surface area (Å²) in [6.07, 6.45) is 1.60. The van der Waals surface area contributed by atoms with Crippen molar-refractivity contribution in [2.45, 2.75) is 27.7 Å². The summed E-state index contributed by atoms with van der Waals surface area (Å²) in [6, 6.07) is 2.01. The normalized spacial score (nSPS) is 13.0. The van der Waals surface area contributed by atoms with Gasteiger partial charge in [0.2, 0.25) is 0 Å². The second-order valence-electron chi connectivity index (χ2n) is 3.21. The van der Waals surface area contributed by atoms with Crippen molar-refractivity contribution in [3.8, 4) is 6.07 Å². The molecular formula is C8H13N. The van der Waals surface area contributed by atoms with Gasteiger partial charge in [0.25, 0.3) is 0 Å². The Morgan fingerprint density at radius 1 is 1.44 bits per heavy atom. The molecule has 0 aromatic heterocycles. The molecule has 0 unspecified atom stereocenters. The van der Waals surface area contributed by atoms with Gasteiger partial charge >= 0.3 is 0 Å². The molecule has 0 saturated carbocycles. The highest BCUT2D eigenvalue weighted by Gasteiger charge is 2.11. The van der Waals surface area contributed by atoms with Gasteiger partial charge in [-0.1, -0.05) is 26.3 Å². The van der Waals surface area contributed by atoms with Crippen molar-refractivity contribution in [1.82, 2.24) is 0 Å². The Kier molecular flexibility index (Phi) is 2.45. The van der Waals surface area contributed by atoms with Gasteiger partial charge in [-0.05, 0) is 12.3 Å². The maximum atomic E-state index is 8.27. The summed E-state index contributed by atoms with van der Waals surface area (Å²) in [5.41, 5.74) is 1.28. The maximum Gasteiger partial charge on any atom is 0.0911 e. The molecular weight excluding hydrogens is 110 g/mol. The van der Waals surface area contributed by atoms with E-state index in [1.54, 1.807) is 6.08 Å². The third-order valence-corrected chi connectivity index (χ3v) is 1.46. The Morgan fingerprint density at radius 2 is 1.89 bits per heavy atom. The zero-order chi connectivity index (χ0) is 7.49. The van der Waals surface area contributed by atoms with Gasteiger partial charge in [-0.25, -0.2) is 0 Å². The number of nitriles is 1. The van der Waals surface area contributed by atoms with Crippen LogP contribution in [-0.2, 0) is 0 Å². The molecule has 0 aromatic rings. The van der Waals surface area contributed by atoms with Crippen LogP contribution in [0.4, 0.5) is 0 Å². The first-order chi connectivity index (χ1) is 3.98. The van der Waals surface area contributed by atoms with Crippen LogP contribution in [0.25, 0.3) is 0 Å². The number of rotatable bonds is 0. The highest BCUT2D eigenvalue weighted by molar-refractivity contribution is 5.16. The van der Waals surface area contributed by atoms with Gasteiger partial charge in [0.1, 0.15) is 0 Å². The van der Waals surface area contributed by atoms with Crippen molar-refractivity contribution in [3.05, 3.63) is 11.6 Å². The van der Waals surface area contributed by atoms with E-state index in [9.17, 15) is 0 Å². The highest BCUT2D eigenvalue weighted by Crippen LogP contribution is 2.23. The van der Waals surface area contributed by atoms with Crippen LogP contribution >= 0.6 is 0 Å². The molecule has 0 saturated heterocycles. The van der Waals surface area contributed by atoms with Gasteiger partial charge < -0.3 is 0 Å². The van der Waals surface area contributed by atoms with E-state index < -0.39 is 0 Å². The van der Waals surface area contributed by atoms with Crippen LogP contribution in [0.2, 0.25) is 0 Å². The molecule has 50 valence electrons. The van der Waals surface area contributed by atoms with Crippen LogP contribution in [0.1, 0.15) is 27.7 Å². The highest BCUT2D eigenvalue weighted by atomic mass is 14.2. The smallest absolute Gasteiger partial charge is 0.0911 e. The van der Waals surface area contributed by atoms with E-state index in [1.165, 1.54) is 0 Å². The molecule has 0 heterocycles. The summed E-state index contributed by atoms with van der Waals surface area (Å²) in [5.74, 6) is 0. The van der Waals surface area contributed by atoms with E-state index in [1.807, 2.05) is 13.0 Å². The van der Waals surface area contributed by atoms with Gasteiger partial charge in [0.05, 0.1) is 6.07 Å². The maximum absolute atomic E-state index is 8.27. The fourth-order valence-electron chi connectivity index (χ4n) is 0.313. The number of hydrogen-bond donors (Lipinski definition) is 0. The number of allylic oxidation sites excluding steroid dienone is 2. The van der Waals surface area contributed by atoms with Gasteiger partial charge in [-0.2, -0.15) is 5.26 Å². The monoisotopic (exact) mass is 123 g/mol.